The summed E-state index contributed by atoms with van der Waals surface area (Å²) in [5, 5.41) is 4.31. The van der Waals surface area contributed by atoms with Gasteiger partial charge in [0.05, 0.1) is 0 Å². The van der Waals surface area contributed by atoms with Crippen molar-refractivity contribution in [2.24, 2.45) is 5.92 Å². The van der Waals surface area contributed by atoms with Gasteiger partial charge in [-0.2, -0.15) is 0 Å². The maximum atomic E-state index is 13.6. The predicted octanol–water partition coefficient (Wildman–Crippen LogP) is 5.11. The number of nitrogens with one attached hydrogen (secondary N) is 2. The number of amides is 2. The normalized spacial score (nSPS) is 19.5. The zero-order valence-electron chi connectivity index (χ0n) is 21.2. The molecule has 37 heavy (non-hydrogen) atoms. The van der Waals surface area contributed by atoms with Gasteiger partial charge >= 0.3 is 6.03 Å². The molecule has 2 amide bonds. The third-order valence-corrected chi connectivity index (χ3v) is 7.78. The van der Waals surface area contributed by atoms with E-state index in [1.807, 2.05) is 13.1 Å². The summed E-state index contributed by atoms with van der Waals surface area (Å²) in [7, 11) is 0. The molecule has 0 bridgehead atoms. The molecule has 5 rings (SSSR count). The third-order valence-electron chi connectivity index (χ3n) is 7.78. The lowest BCUT2D eigenvalue weighted by Crippen LogP contribution is -2.56. The van der Waals surface area contributed by atoms with E-state index >= 15 is 0 Å². The van der Waals surface area contributed by atoms with Crippen LogP contribution >= 0.6 is 0 Å². The van der Waals surface area contributed by atoms with Gasteiger partial charge < -0.3 is 20.1 Å². The molecule has 6 nitrogen and oxygen atoms in total. The number of nitrogens with zero attached hydrogens (tertiary/aromatic N) is 3. The molecule has 0 saturated carbocycles. The molecule has 0 radical (unpaired) electrons. The van der Waals surface area contributed by atoms with Gasteiger partial charge in [-0.05, 0) is 74.3 Å². The predicted molar refractivity (Wildman–Crippen MR) is 139 cm³/mol. The van der Waals surface area contributed by atoms with Gasteiger partial charge in [-0.3, -0.25) is 4.90 Å². The molecule has 1 aromatic heterocycles. The van der Waals surface area contributed by atoms with Crippen molar-refractivity contribution in [2.45, 2.75) is 38.8 Å². The summed E-state index contributed by atoms with van der Waals surface area (Å²) in [6.45, 7) is 6.92. The second-order valence-corrected chi connectivity index (χ2v) is 10.4. The van der Waals surface area contributed by atoms with Crippen LogP contribution in [0.4, 0.5) is 23.7 Å². The summed E-state index contributed by atoms with van der Waals surface area (Å²) in [6, 6.07) is 10.5. The van der Waals surface area contributed by atoms with Crippen LogP contribution in [0.2, 0.25) is 0 Å². The van der Waals surface area contributed by atoms with Crippen LogP contribution in [0.5, 0.6) is 0 Å². The minimum Gasteiger partial charge on any atom is -0.368 e. The number of halogens is 3. The second kappa shape index (κ2) is 11.0. The molecule has 198 valence electrons. The van der Waals surface area contributed by atoms with E-state index in [4.69, 9.17) is 0 Å². The zero-order chi connectivity index (χ0) is 25.9. The number of urea groups is 1. The molecule has 9 heteroatoms. The van der Waals surface area contributed by atoms with Crippen LogP contribution in [-0.4, -0.2) is 66.1 Å². The number of piperidine rings is 1. The Hall–Kier alpha value is -3.20. The highest BCUT2D eigenvalue weighted by atomic mass is 19.2. The number of benzene rings is 2. The van der Waals surface area contributed by atoms with Crippen molar-refractivity contribution < 1.29 is 18.0 Å². The molecule has 2 N–H and O–H groups in total. The largest absolute Gasteiger partial charge is 0.368 e. The number of piperazine rings is 1. The van der Waals surface area contributed by atoms with Gasteiger partial charge in [0.15, 0.2) is 17.5 Å². The van der Waals surface area contributed by atoms with Gasteiger partial charge in [0.2, 0.25) is 0 Å². The fraction of sp³-hybridized carbons (Fsp3) is 0.464. The first-order chi connectivity index (χ1) is 17.9. The Morgan fingerprint density at radius 1 is 1.03 bits per heavy atom. The Labute approximate surface area is 215 Å². The van der Waals surface area contributed by atoms with E-state index in [0.29, 0.717) is 37.8 Å². The van der Waals surface area contributed by atoms with Gasteiger partial charge in [-0.15, -0.1) is 0 Å². The highest BCUT2D eigenvalue weighted by Crippen LogP contribution is 2.25. The molecule has 2 saturated heterocycles. The maximum Gasteiger partial charge on any atom is 0.317 e. The first kappa shape index (κ1) is 25.4. The van der Waals surface area contributed by atoms with Crippen LogP contribution in [0, 0.1) is 23.4 Å². The van der Waals surface area contributed by atoms with E-state index < -0.39 is 17.5 Å². The first-order valence-electron chi connectivity index (χ1n) is 13.1. The van der Waals surface area contributed by atoms with Crippen molar-refractivity contribution in [3.05, 3.63) is 65.6 Å². The Kier molecular flexibility index (Phi) is 7.60. The monoisotopic (exact) mass is 513 g/mol. The number of aromatic amines is 1. The number of likely N-dealkylation sites (tertiary alicyclic amines) is 1. The zero-order valence-corrected chi connectivity index (χ0v) is 21.2. The fourth-order valence-electron chi connectivity index (χ4n) is 5.60. The molecule has 3 heterocycles. The number of hydrogen-bond acceptors (Lipinski definition) is 3. The molecule has 3 aromatic rings. The number of H-pyrrole nitrogens is 1. The maximum absolute atomic E-state index is 13.6. The summed E-state index contributed by atoms with van der Waals surface area (Å²) >= 11 is 0. The number of rotatable bonds is 6. The van der Waals surface area contributed by atoms with Crippen molar-refractivity contribution in [3.63, 3.8) is 0 Å². The number of anilines is 1. The Morgan fingerprint density at radius 3 is 2.51 bits per heavy atom. The SMILES string of the molecule is C[C@@H]1CN(c2cc(F)c(F)c(F)c2)CCN1C(=O)NCCC1CCN(Cc2ccc3[nH]ccc3c2)CC1. The fourth-order valence-corrected chi connectivity index (χ4v) is 5.60. The minimum absolute atomic E-state index is 0.110. The van der Waals surface area contributed by atoms with Gasteiger partial charge in [0.1, 0.15) is 0 Å². The molecular weight excluding hydrogens is 479 g/mol. The Bertz CT molecular complexity index is 1220. The number of fused-ring (bicyclic) bond motifs is 1. The Morgan fingerprint density at radius 2 is 1.78 bits per heavy atom. The molecule has 2 aromatic carbocycles. The summed E-state index contributed by atoms with van der Waals surface area (Å²) in [6.07, 6.45) is 5.18. The highest BCUT2D eigenvalue weighted by molar-refractivity contribution is 5.79. The van der Waals surface area contributed by atoms with Gasteiger partial charge in [-0.1, -0.05) is 6.07 Å². The average Bonchev–Trinajstić information content (AvgIpc) is 3.36. The molecule has 2 aliphatic heterocycles. The first-order valence-corrected chi connectivity index (χ1v) is 13.1. The standard InChI is InChI=1S/C28H34F3N5O/c1-19-17-35(23-15-24(29)27(31)25(30)16-23)12-13-36(19)28(37)33-8-4-20-6-10-34(11-7-20)18-21-2-3-26-22(14-21)5-9-32-26/h2-3,5,9,14-16,19-20,32H,4,6-8,10-13,17-18H2,1H3,(H,33,37)/t19-/m1/s1. The van der Waals surface area contributed by atoms with Crippen LogP contribution in [0.25, 0.3) is 10.9 Å². The van der Waals surface area contributed by atoms with E-state index in [9.17, 15) is 18.0 Å². The number of hydrogen-bond donors (Lipinski definition) is 2. The number of carbonyl (C=O) groups is 1. The minimum atomic E-state index is -1.46. The summed E-state index contributed by atoms with van der Waals surface area (Å²) < 4.78 is 40.5. The van der Waals surface area contributed by atoms with Crippen LogP contribution < -0.4 is 10.2 Å². The molecule has 0 aliphatic carbocycles. The number of carbonyl (C=O) groups excluding carboxylic acids is 1. The summed E-state index contributed by atoms with van der Waals surface area (Å²) in [4.78, 5) is 22.1. The molecule has 0 spiro atoms. The van der Waals surface area contributed by atoms with Crippen molar-refractivity contribution in [1.82, 2.24) is 20.1 Å². The van der Waals surface area contributed by atoms with E-state index in [-0.39, 0.29) is 12.1 Å². The molecule has 0 unspecified atom stereocenters. The Balaban J connectivity index is 1.03. The van der Waals surface area contributed by atoms with Crippen LogP contribution in [0.15, 0.2) is 42.6 Å². The molecular formula is C28H34F3N5O. The van der Waals surface area contributed by atoms with Crippen molar-refractivity contribution in [1.29, 1.82) is 0 Å². The average molecular weight is 514 g/mol. The van der Waals surface area contributed by atoms with Crippen molar-refractivity contribution in [2.75, 3.05) is 44.2 Å². The molecule has 2 aliphatic rings. The van der Waals surface area contributed by atoms with Crippen LogP contribution in [-0.2, 0) is 6.54 Å². The van der Waals surface area contributed by atoms with E-state index in [1.54, 1.807) is 9.80 Å². The molecule has 1 atom stereocenters. The van der Waals surface area contributed by atoms with Crippen molar-refractivity contribution >= 4 is 22.6 Å². The second-order valence-electron chi connectivity index (χ2n) is 10.4. The van der Waals surface area contributed by atoms with Gasteiger partial charge in [0, 0.05) is 68.3 Å². The highest BCUT2D eigenvalue weighted by Gasteiger charge is 2.29. The lowest BCUT2D eigenvalue weighted by atomic mass is 9.93. The van der Waals surface area contributed by atoms with E-state index in [0.717, 1.165) is 51.0 Å². The molecule has 2 fully saturated rings. The van der Waals surface area contributed by atoms with Gasteiger partial charge in [-0.25, -0.2) is 18.0 Å². The summed E-state index contributed by atoms with van der Waals surface area (Å²) in [5.41, 5.74) is 2.79. The lowest BCUT2D eigenvalue weighted by molar-refractivity contribution is 0.162. The third kappa shape index (κ3) is 5.87. The van der Waals surface area contributed by atoms with E-state index in [2.05, 4.69) is 39.5 Å². The lowest BCUT2D eigenvalue weighted by Gasteiger charge is -2.41. The van der Waals surface area contributed by atoms with Crippen molar-refractivity contribution in [3.8, 4) is 0 Å². The number of aromatic nitrogens is 1. The smallest absolute Gasteiger partial charge is 0.317 e. The topological polar surface area (TPSA) is 54.6 Å². The van der Waals surface area contributed by atoms with E-state index in [1.165, 1.54) is 16.5 Å². The van der Waals surface area contributed by atoms with Crippen LogP contribution in [0.3, 0.4) is 0 Å². The quantitative estimate of drug-likeness (QED) is 0.451. The van der Waals surface area contributed by atoms with Crippen LogP contribution in [0.1, 0.15) is 31.7 Å². The van der Waals surface area contributed by atoms with Gasteiger partial charge in [0.25, 0.3) is 0 Å². The summed E-state index contributed by atoms with van der Waals surface area (Å²) in [5.74, 6) is -3.27.